The average molecular weight is 318 g/mol. The minimum absolute atomic E-state index is 0.0429. The van der Waals surface area contributed by atoms with Crippen molar-refractivity contribution in [3.63, 3.8) is 0 Å². The molecule has 6 heteroatoms. The molecular formula is C17H9F3O3. The Bertz CT molecular complexity index is 835. The van der Waals surface area contributed by atoms with Crippen LogP contribution >= 0.6 is 0 Å². The number of halogens is 3. The second-order valence-electron chi connectivity index (χ2n) is 4.87. The van der Waals surface area contributed by atoms with Crippen LogP contribution in [0.1, 0.15) is 26.3 Å². The number of hydrogen-bond donors (Lipinski definition) is 0. The standard InChI is InChI=1S/C17H9F3O3/c18-17(19,20)23-11-5-3-4-10(8-11)14-9-15(21)12-6-1-2-7-13(12)16(14)22/h1-9H. The molecule has 23 heavy (non-hydrogen) atoms. The summed E-state index contributed by atoms with van der Waals surface area (Å²) in [5.41, 5.74) is 0.752. The van der Waals surface area contributed by atoms with E-state index in [9.17, 15) is 22.8 Å². The van der Waals surface area contributed by atoms with Crippen molar-refractivity contribution in [2.24, 2.45) is 0 Å². The Morgan fingerprint density at radius 1 is 0.870 bits per heavy atom. The fourth-order valence-corrected chi connectivity index (χ4v) is 2.39. The maximum Gasteiger partial charge on any atom is 0.573 e. The predicted molar refractivity (Wildman–Crippen MR) is 76.2 cm³/mol. The van der Waals surface area contributed by atoms with E-state index >= 15 is 0 Å². The number of carbonyl (C=O) groups excluding carboxylic acids is 2. The zero-order valence-corrected chi connectivity index (χ0v) is 11.6. The fourth-order valence-electron chi connectivity index (χ4n) is 2.39. The molecule has 0 saturated carbocycles. The van der Waals surface area contributed by atoms with Gasteiger partial charge in [-0.2, -0.15) is 0 Å². The lowest BCUT2D eigenvalue weighted by Gasteiger charge is -2.16. The van der Waals surface area contributed by atoms with Gasteiger partial charge in [-0.15, -0.1) is 13.2 Å². The number of rotatable bonds is 2. The van der Waals surface area contributed by atoms with Gasteiger partial charge in [0.15, 0.2) is 11.6 Å². The Morgan fingerprint density at radius 3 is 2.26 bits per heavy atom. The van der Waals surface area contributed by atoms with Gasteiger partial charge >= 0.3 is 6.36 Å². The minimum atomic E-state index is -4.83. The van der Waals surface area contributed by atoms with Gasteiger partial charge in [0.05, 0.1) is 0 Å². The maximum atomic E-state index is 12.5. The SMILES string of the molecule is O=C1C=C(c2cccc(OC(F)(F)F)c2)C(=O)c2ccccc21. The van der Waals surface area contributed by atoms with Gasteiger partial charge in [0.2, 0.25) is 0 Å². The van der Waals surface area contributed by atoms with E-state index in [-0.39, 0.29) is 28.0 Å². The van der Waals surface area contributed by atoms with Gasteiger partial charge in [0.25, 0.3) is 0 Å². The average Bonchev–Trinajstić information content (AvgIpc) is 2.49. The Balaban J connectivity index is 2.02. The van der Waals surface area contributed by atoms with Gasteiger partial charge in [-0.25, -0.2) is 0 Å². The lowest BCUT2D eigenvalue weighted by atomic mass is 9.86. The van der Waals surface area contributed by atoms with E-state index in [1.165, 1.54) is 24.3 Å². The summed E-state index contributed by atoms with van der Waals surface area (Å²) < 4.78 is 40.7. The summed E-state index contributed by atoms with van der Waals surface area (Å²) in [4.78, 5) is 24.6. The third-order valence-electron chi connectivity index (χ3n) is 3.34. The molecule has 3 rings (SSSR count). The van der Waals surface area contributed by atoms with Crippen molar-refractivity contribution in [1.29, 1.82) is 0 Å². The van der Waals surface area contributed by atoms with Gasteiger partial charge in [-0.3, -0.25) is 9.59 Å². The highest BCUT2D eigenvalue weighted by molar-refractivity contribution is 6.38. The molecule has 0 aliphatic heterocycles. The van der Waals surface area contributed by atoms with Crippen molar-refractivity contribution >= 4 is 17.1 Å². The summed E-state index contributed by atoms with van der Waals surface area (Å²) >= 11 is 0. The zero-order valence-electron chi connectivity index (χ0n) is 11.6. The summed E-state index contributed by atoms with van der Waals surface area (Å²) in [6.45, 7) is 0. The van der Waals surface area contributed by atoms with Gasteiger partial charge < -0.3 is 4.74 Å². The first-order chi connectivity index (χ1) is 10.8. The molecule has 0 aromatic heterocycles. The van der Waals surface area contributed by atoms with Crippen LogP contribution < -0.4 is 4.74 Å². The molecule has 0 radical (unpaired) electrons. The molecule has 116 valence electrons. The Kier molecular flexibility index (Phi) is 3.52. The molecule has 0 spiro atoms. The largest absolute Gasteiger partial charge is 0.573 e. The van der Waals surface area contributed by atoms with Crippen LogP contribution in [0.3, 0.4) is 0 Å². The number of Topliss-reactive ketones (excluding diaryl/α,β-unsaturated/α-hetero) is 1. The molecule has 0 bridgehead atoms. The Morgan fingerprint density at radius 2 is 1.57 bits per heavy atom. The van der Waals surface area contributed by atoms with Crippen molar-refractivity contribution in [3.05, 3.63) is 71.3 Å². The number of fused-ring (bicyclic) bond motifs is 1. The molecule has 0 amide bonds. The number of benzene rings is 2. The number of ketones is 2. The first-order valence-corrected chi connectivity index (χ1v) is 6.61. The van der Waals surface area contributed by atoms with Gasteiger partial charge in [-0.1, -0.05) is 36.4 Å². The van der Waals surface area contributed by atoms with E-state index in [2.05, 4.69) is 4.74 Å². The third-order valence-corrected chi connectivity index (χ3v) is 3.34. The van der Waals surface area contributed by atoms with Crippen molar-refractivity contribution in [3.8, 4) is 5.75 Å². The highest BCUT2D eigenvalue weighted by atomic mass is 19.4. The summed E-state index contributed by atoms with van der Waals surface area (Å²) in [5.74, 6) is -1.23. The lowest BCUT2D eigenvalue weighted by molar-refractivity contribution is -0.274. The number of ether oxygens (including phenoxy) is 1. The van der Waals surface area contributed by atoms with Crippen molar-refractivity contribution in [1.82, 2.24) is 0 Å². The molecule has 0 saturated heterocycles. The summed E-state index contributed by atoms with van der Waals surface area (Å²) in [6.07, 6.45) is -3.69. The van der Waals surface area contributed by atoms with Crippen LogP contribution in [-0.2, 0) is 0 Å². The number of alkyl halides is 3. The predicted octanol–water partition coefficient (Wildman–Crippen LogP) is 4.05. The minimum Gasteiger partial charge on any atom is -0.406 e. The first kappa shape index (κ1) is 15.0. The van der Waals surface area contributed by atoms with Crippen molar-refractivity contribution in [2.75, 3.05) is 0 Å². The van der Waals surface area contributed by atoms with Gasteiger partial charge in [0, 0.05) is 16.7 Å². The second kappa shape index (κ2) is 5.39. The van der Waals surface area contributed by atoms with Crippen LogP contribution in [0.15, 0.2) is 54.6 Å². The van der Waals surface area contributed by atoms with Crippen LogP contribution in [0.2, 0.25) is 0 Å². The smallest absolute Gasteiger partial charge is 0.406 e. The van der Waals surface area contributed by atoms with E-state index in [0.29, 0.717) is 0 Å². The highest BCUT2D eigenvalue weighted by Crippen LogP contribution is 2.31. The summed E-state index contributed by atoms with van der Waals surface area (Å²) in [6, 6.07) is 11.3. The molecule has 0 atom stereocenters. The van der Waals surface area contributed by atoms with Crippen LogP contribution in [0.25, 0.3) is 5.57 Å². The molecule has 2 aromatic rings. The molecule has 3 nitrogen and oxygen atoms in total. The lowest BCUT2D eigenvalue weighted by Crippen LogP contribution is -2.18. The van der Waals surface area contributed by atoms with E-state index in [0.717, 1.165) is 18.2 Å². The van der Waals surface area contributed by atoms with Crippen LogP contribution in [0.5, 0.6) is 5.75 Å². The summed E-state index contributed by atoms with van der Waals surface area (Å²) in [5, 5.41) is 0. The van der Waals surface area contributed by atoms with E-state index in [1.807, 2.05) is 0 Å². The topological polar surface area (TPSA) is 43.4 Å². The van der Waals surface area contributed by atoms with E-state index in [1.54, 1.807) is 12.1 Å². The Hall–Kier alpha value is -2.89. The molecule has 1 aliphatic carbocycles. The van der Waals surface area contributed by atoms with E-state index in [4.69, 9.17) is 0 Å². The quantitative estimate of drug-likeness (QED) is 0.839. The molecule has 0 fully saturated rings. The number of carbonyl (C=O) groups is 2. The molecular weight excluding hydrogens is 309 g/mol. The molecule has 0 N–H and O–H groups in total. The van der Waals surface area contributed by atoms with Crippen molar-refractivity contribution in [2.45, 2.75) is 6.36 Å². The van der Waals surface area contributed by atoms with Crippen molar-refractivity contribution < 1.29 is 27.5 Å². The third kappa shape index (κ3) is 3.01. The van der Waals surface area contributed by atoms with Gasteiger partial charge in [-0.05, 0) is 23.8 Å². The normalized spacial score (nSPS) is 14.3. The molecule has 1 aliphatic rings. The van der Waals surface area contributed by atoms with Crippen LogP contribution in [0, 0.1) is 0 Å². The molecule has 0 unspecified atom stereocenters. The van der Waals surface area contributed by atoms with E-state index < -0.39 is 17.9 Å². The highest BCUT2D eigenvalue weighted by Gasteiger charge is 2.32. The van der Waals surface area contributed by atoms with Crippen LogP contribution in [-0.4, -0.2) is 17.9 Å². The monoisotopic (exact) mass is 318 g/mol. The number of hydrogen-bond acceptors (Lipinski definition) is 3. The van der Waals surface area contributed by atoms with Crippen LogP contribution in [0.4, 0.5) is 13.2 Å². The fraction of sp³-hybridized carbons (Fsp3) is 0.0588. The first-order valence-electron chi connectivity index (χ1n) is 6.61. The Labute approximate surface area is 129 Å². The molecule has 0 heterocycles. The summed E-state index contributed by atoms with van der Waals surface area (Å²) in [7, 11) is 0. The molecule has 2 aromatic carbocycles. The number of allylic oxidation sites excluding steroid dienone is 2. The van der Waals surface area contributed by atoms with Gasteiger partial charge in [0.1, 0.15) is 5.75 Å². The zero-order chi connectivity index (χ0) is 16.6. The second-order valence-corrected chi connectivity index (χ2v) is 4.87. The maximum absolute atomic E-state index is 12.5.